The van der Waals surface area contributed by atoms with Crippen molar-refractivity contribution in [2.24, 2.45) is 0 Å². The van der Waals surface area contributed by atoms with Gasteiger partial charge >= 0.3 is 8.25 Å². The van der Waals surface area contributed by atoms with Crippen LogP contribution in [0.3, 0.4) is 0 Å². The maximum absolute atomic E-state index is 10.5. The second-order valence-electron chi connectivity index (χ2n) is 4.28. The molecule has 0 spiro atoms. The molecule has 1 N–H and O–H groups in total. The largest absolute Gasteiger partial charge is 0.694 e. The standard InChI is InChI=1S/C12H25O3P/c1-3-5-6-7-8-9-10-11-12(4-2)15-16(13)14/h12H,3-11H2,1-2H3/p+1. The van der Waals surface area contributed by atoms with Gasteiger partial charge in [-0.15, -0.1) is 9.42 Å². The molecule has 3 nitrogen and oxygen atoms in total. The number of hydrogen-bond donors (Lipinski definition) is 1. The zero-order valence-electron chi connectivity index (χ0n) is 10.7. The van der Waals surface area contributed by atoms with E-state index in [1.807, 2.05) is 6.92 Å². The molecule has 0 aromatic heterocycles. The van der Waals surface area contributed by atoms with Crippen LogP contribution in [-0.2, 0) is 9.09 Å². The Hall–Kier alpha value is 0.0200. The van der Waals surface area contributed by atoms with Gasteiger partial charge in [-0.05, 0) is 12.8 Å². The monoisotopic (exact) mass is 249 g/mol. The lowest BCUT2D eigenvalue weighted by atomic mass is 10.1. The summed E-state index contributed by atoms with van der Waals surface area (Å²) >= 11 is 0. The topological polar surface area (TPSA) is 46.5 Å². The molecule has 96 valence electrons. The maximum atomic E-state index is 10.5. The minimum atomic E-state index is -2.43. The third-order valence-corrected chi connectivity index (χ3v) is 3.30. The normalized spacial score (nSPS) is 13.8. The van der Waals surface area contributed by atoms with Crippen LogP contribution in [0.25, 0.3) is 0 Å². The molecule has 0 saturated carbocycles. The average molecular weight is 249 g/mol. The molecule has 0 aliphatic heterocycles. The van der Waals surface area contributed by atoms with E-state index in [9.17, 15) is 4.57 Å². The summed E-state index contributed by atoms with van der Waals surface area (Å²) in [5.41, 5.74) is 0. The first kappa shape index (κ1) is 16.0. The first-order valence-corrected chi connectivity index (χ1v) is 7.66. The van der Waals surface area contributed by atoms with Crippen molar-refractivity contribution >= 4 is 8.25 Å². The Morgan fingerprint density at radius 2 is 1.62 bits per heavy atom. The molecule has 0 saturated heterocycles. The highest BCUT2D eigenvalue weighted by Gasteiger charge is 2.20. The number of hydrogen-bond acceptors (Lipinski definition) is 2. The fourth-order valence-corrected chi connectivity index (χ4v) is 2.30. The van der Waals surface area contributed by atoms with Crippen LogP contribution in [0.5, 0.6) is 0 Å². The summed E-state index contributed by atoms with van der Waals surface area (Å²) in [6.45, 7) is 4.21. The van der Waals surface area contributed by atoms with Crippen LogP contribution in [-0.4, -0.2) is 11.0 Å². The van der Waals surface area contributed by atoms with Gasteiger partial charge in [0, 0.05) is 4.57 Å². The van der Waals surface area contributed by atoms with E-state index in [1.165, 1.54) is 38.5 Å². The summed E-state index contributed by atoms with van der Waals surface area (Å²) in [7, 11) is -2.43. The van der Waals surface area contributed by atoms with E-state index < -0.39 is 8.25 Å². The van der Waals surface area contributed by atoms with Crippen molar-refractivity contribution in [3.05, 3.63) is 0 Å². The van der Waals surface area contributed by atoms with E-state index in [1.54, 1.807) is 0 Å². The lowest BCUT2D eigenvalue weighted by molar-refractivity contribution is 0.171. The molecule has 2 unspecified atom stereocenters. The predicted molar refractivity (Wildman–Crippen MR) is 67.6 cm³/mol. The van der Waals surface area contributed by atoms with E-state index in [0.717, 1.165) is 19.3 Å². The first-order valence-electron chi connectivity index (χ1n) is 6.53. The Kier molecular flexibility index (Phi) is 11.5. The molecule has 0 heterocycles. The van der Waals surface area contributed by atoms with Gasteiger partial charge < -0.3 is 0 Å². The van der Waals surface area contributed by atoms with E-state index >= 15 is 0 Å². The van der Waals surface area contributed by atoms with Crippen LogP contribution in [0.2, 0.25) is 0 Å². The van der Waals surface area contributed by atoms with E-state index in [-0.39, 0.29) is 6.10 Å². The Morgan fingerprint density at radius 3 is 2.12 bits per heavy atom. The maximum Gasteiger partial charge on any atom is 0.694 e. The van der Waals surface area contributed by atoms with Gasteiger partial charge in [-0.3, -0.25) is 0 Å². The van der Waals surface area contributed by atoms with Crippen LogP contribution in [0.4, 0.5) is 0 Å². The zero-order chi connectivity index (χ0) is 12.2. The third kappa shape index (κ3) is 10.5. The number of rotatable bonds is 11. The average Bonchev–Trinajstić information content (AvgIpc) is 2.25. The van der Waals surface area contributed by atoms with E-state index in [0.29, 0.717) is 0 Å². The van der Waals surface area contributed by atoms with Crippen molar-refractivity contribution in [3.8, 4) is 0 Å². The second-order valence-corrected chi connectivity index (χ2v) is 4.97. The Morgan fingerprint density at radius 1 is 1.06 bits per heavy atom. The van der Waals surface area contributed by atoms with Crippen LogP contribution >= 0.6 is 8.25 Å². The van der Waals surface area contributed by atoms with Gasteiger partial charge in [-0.2, -0.15) is 0 Å². The fraction of sp³-hybridized carbons (Fsp3) is 1.00. The van der Waals surface area contributed by atoms with E-state index in [4.69, 9.17) is 9.42 Å². The molecule has 2 atom stereocenters. The molecule has 0 fully saturated rings. The molecule has 0 aliphatic carbocycles. The SMILES string of the molecule is CCCCCCCCCC(CC)O[P+](=O)O. The van der Waals surface area contributed by atoms with Gasteiger partial charge in [-0.1, -0.05) is 58.8 Å². The van der Waals surface area contributed by atoms with E-state index in [2.05, 4.69) is 6.92 Å². The summed E-state index contributed by atoms with van der Waals surface area (Å²) in [6.07, 6.45) is 10.6. The summed E-state index contributed by atoms with van der Waals surface area (Å²) in [5, 5.41) is 0. The molecule has 4 heteroatoms. The van der Waals surface area contributed by atoms with Crippen molar-refractivity contribution in [1.82, 2.24) is 0 Å². The highest BCUT2D eigenvalue weighted by Crippen LogP contribution is 2.23. The van der Waals surface area contributed by atoms with Crippen molar-refractivity contribution < 1.29 is 14.0 Å². The molecular formula is C12H26O3P+. The van der Waals surface area contributed by atoms with Gasteiger partial charge in [0.25, 0.3) is 0 Å². The van der Waals surface area contributed by atoms with Gasteiger partial charge in [0.15, 0.2) is 0 Å². The molecule has 16 heavy (non-hydrogen) atoms. The quantitative estimate of drug-likeness (QED) is 0.431. The zero-order valence-corrected chi connectivity index (χ0v) is 11.5. The summed E-state index contributed by atoms with van der Waals surface area (Å²) in [6, 6.07) is 0. The summed E-state index contributed by atoms with van der Waals surface area (Å²) in [4.78, 5) is 8.64. The predicted octanol–water partition coefficient (Wildman–Crippen LogP) is 4.57. The third-order valence-electron chi connectivity index (χ3n) is 2.82. The molecule has 0 bridgehead atoms. The van der Waals surface area contributed by atoms with Gasteiger partial charge in [-0.25, -0.2) is 0 Å². The Bertz CT molecular complexity index is 174. The van der Waals surface area contributed by atoms with Crippen molar-refractivity contribution in [1.29, 1.82) is 0 Å². The molecule has 0 radical (unpaired) electrons. The smallest absolute Gasteiger partial charge is 0.133 e. The lowest BCUT2D eigenvalue weighted by Gasteiger charge is -2.06. The molecular weight excluding hydrogens is 223 g/mol. The molecule has 0 rings (SSSR count). The first-order chi connectivity index (χ1) is 7.70. The van der Waals surface area contributed by atoms with Crippen LogP contribution < -0.4 is 0 Å². The van der Waals surface area contributed by atoms with Gasteiger partial charge in [0.1, 0.15) is 6.10 Å². The van der Waals surface area contributed by atoms with Crippen molar-refractivity contribution in [2.75, 3.05) is 0 Å². The van der Waals surface area contributed by atoms with Crippen LogP contribution in [0.15, 0.2) is 0 Å². The Balaban J connectivity index is 3.31. The summed E-state index contributed by atoms with van der Waals surface area (Å²) < 4.78 is 15.4. The highest BCUT2D eigenvalue weighted by atomic mass is 31.1. The highest BCUT2D eigenvalue weighted by molar-refractivity contribution is 7.32. The molecule has 0 amide bonds. The minimum Gasteiger partial charge on any atom is -0.133 e. The second kappa shape index (κ2) is 11.5. The van der Waals surface area contributed by atoms with Crippen LogP contribution in [0.1, 0.15) is 71.6 Å². The fourth-order valence-electron chi connectivity index (χ4n) is 1.79. The van der Waals surface area contributed by atoms with Gasteiger partial charge in [0.2, 0.25) is 0 Å². The van der Waals surface area contributed by atoms with Crippen LogP contribution in [0, 0.1) is 0 Å². The molecule has 0 aromatic carbocycles. The molecule has 0 aliphatic rings. The molecule has 0 aromatic rings. The summed E-state index contributed by atoms with van der Waals surface area (Å²) in [5.74, 6) is 0. The number of unbranched alkanes of at least 4 members (excludes halogenated alkanes) is 6. The van der Waals surface area contributed by atoms with Gasteiger partial charge in [0.05, 0.1) is 0 Å². The lowest BCUT2D eigenvalue weighted by Crippen LogP contribution is -2.06. The minimum absolute atomic E-state index is 0.0377. The van der Waals surface area contributed by atoms with Crippen molar-refractivity contribution in [2.45, 2.75) is 77.7 Å². The van der Waals surface area contributed by atoms with Crippen molar-refractivity contribution in [3.63, 3.8) is 0 Å². The Labute approximate surface area is 101 Å².